The molecule has 0 radical (unpaired) electrons. The van der Waals surface area contributed by atoms with Crippen LogP contribution in [-0.2, 0) is 5.60 Å². The Labute approximate surface area is 165 Å². The highest BCUT2D eigenvalue weighted by atomic mass is 19.1. The molecule has 4 rings (SSSR count). The summed E-state index contributed by atoms with van der Waals surface area (Å²) in [4.78, 5) is 8.41. The Morgan fingerprint density at radius 2 is 2.10 bits per heavy atom. The van der Waals surface area contributed by atoms with Crippen LogP contribution in [0.3, 0.4) is 0 Å². The molecule has 8 nitrogen and oxygen atoms in total. The SMILES string of the molecule is COc1cc2ncc(-c3nc(NC4CCNC4)c(F)cc3F)n2nc1C(C)(C)O. The first-order valence-corrected chi connectivity index (χ1v) is 9.27. The highest BCUT2D eigenvalue weighted by molar-refractivity contribution is 5.63. The Bertz CT molecular complexity index is 1060. The Balaban J connectivity index is 1.83. The van der Waals surface area contributed by atoms with E-state index in [-0.39, 0.29) is 28.9 Å². The highest BCUT2D eigenvalue weighted by Gasteiger charge is 2.26. The lowest BCUT2D eigenvalue weighted by molar-refractivity contribution is 0.0694. The van der Waals surface area contributed by atoms with Crippen molar-refractivity contribution in [1.82, 2.24) is 24.9 Å². The van der Waals surface area contributed by atoms with Crippen molar-refractivity contribution in [2.75, 3.05) is 25.5 Å². The molecule has 4 heterocycles. The number of aliphatic hydroxyl groups is 1. The minimum absolute atomic E-state index is 0.0154. The number of fused-ring (bicyclic) bond motifs is 1. The Morgan fingerprint density at radius 3 is 2.76 bits per heavy atom. The zero-order chi connectivity index (χ0) is 20.8. The molecule has 1 saturated heterocycles. The van der Waals surface area contributed by atoms with E-state index in [0.717, 1.165) is 19.0 Å². The summed E-state index contributed by atoms with van der Waals surface area (Å²) in [6.45, 7) is 4.63. The van der Waals surface area contributed by atoms with Crippen molar-refractivity contribution in [3.05, 3.63) is 35.7 Å². The molecular weight excluding hydrogens is 382 g/mol. The van der Waals surface area contributed by atoms with Crippen LogP contribution in [0, 0.1) is 11.6 Å². The monoisotopic (exact) mass is 404 g/mol. The molecule has 0 bridgehead atoms. The number of halogens is 2. The maximum atomic E-state index is 14.6. The van der Waals surface area contributed by atoms with Crippen molar-refractivity contribution in [2.24, 2.45) is 0 Å². The molecule has 0 aliphatic carbocycles. The molecule has 1 aliphatic rings. The molecule has 1 unspecified atom stereocenters. The summed E-state index contributed by atoms with van der Waals surface area (Å²) in [5.74, 6) is -1.27. The van der Waals surface area contributed by atoms with E-state index in [2.05, 4.69) is 25.7 Å². The van der Waals surface area contributed by atoms with E-state index in [1.54, 1.807) is 19.9 Å². The van der Waals surface area contributed by atoms with Crippen molar-refractivity contribution >= 4 is 11.5 Å². The normalized spacial score (nSPS) is 17.1. The molecule has 3 aromatic heterocycles. The van der Waals surface area contributed by atoms with Crippen LogP contribution in [0.2, 0.25) is 0 Å². The summed E-state index contributed by atoms with van der Waals surface area (Å²) in [7, 11) is 1.46. The van der Waals surface area contributed by atoms with E-state index in [4.69, 9.17) is 4.74 Å². The molecule has 154 valence electrons. The summed E-state index contributed by atoms with van der Waals surface area (Å²) in [5.41, 5.74) is -0.530. The standard InChI is InChI=1S/C19H22F2N6O2/c1-19(2,28)17-14(29-3)7-15-23-9-13(27(15)26-17)16-11(20)6-12(21)18(25-16)24-10-4-5-22-8-10/h6-7,9-10,22,28H,4-5,8H2,1-3H3,(H,24,25). The van der Waals surface area contributed by atoms with Crippen molar-refractivity contribution in [3.8, 4) is 17.1 Å². The number of rotatable bonds is 5. The van der Waals surface area contributed by atoms with Gasteiger partial charge in [-0.3, -0.25) is 0 Å². The number of nitrogens with zero attached hydrogens (tertiary/aromatic N) is 4. The summed E-state index contributed by atoms with van der Waals surface area (Å²) >= 11 is 0. The third kappa shape index (κ3) is 3.60. The van der Waals surface area contributed by atoms with Crippen LogP contribution in [0.4, 0.5) is 14.6 Å². The molecule has 1 fully saturated rings. The fourth-order valence-electron chi connectivity index (χ4n) is 3.36. The second-order valence-corrected chi connectivity index (χ2v) is 7.52. The fourth-order valence-corrected chi connectivity index (χ4v) is 3.36. The number of ether oxygens (including phenoxy) is 1. The van der Waals surface area contributed by atoms with Crippen LogP contribution < -0.4 is 15.4 Å². The van der Waals surface area contributed by atoms with Crippen molar-refractivity contribution < 1.29 is 18.6 Å². The van der Waals surface area contributed by atoms with Gasteiger partial charge in [-0.15, -0.1) is 0 Å². The molecule has 0 spiro atoms. The van der Waals surface area contributed by atoms with Gasteiger partial charge in [-0.25, -0.2) is 23.3 Å². The first-order valence-electron chi connectivity index (χ1n) is 9.27. The van der Waals surface area contributed by atoms with Crippen molar-refractivity contribution in [2.45, 2.75) is 31.9 Å². The molecule has 0 saturated carbocycles. The molecule has 3 aromatic rings. The van der Waals surface area contributed by atoms with Gasteiger partial charge in [0.15, 0.2) is 23.1 Å². The number of methoxy groups -OCH3 is 1. The smallest absolute Gasteiger partial charge is 0.168 e. The van der Waals surface area contributed by atoms with Crippen LogP contribution in [0.15, 0.2) is 18.3 Å². The van der Waals surface area contributed by atoms with Crippen LogP contribution in [-0.4, -0.2) is 50.9 Å². The van der Waals surface area contributed by atoms with Gasteiger partial charge in [0.2, 0.25) is 0 Å². The Kier molecular flexibility index (Phi) is 4.83. The Hall–Kier alpha value is -2.85. The van der Waals surface area contributed by atoms with Gasteiger partial charge in [0.25, 0.3) is 0 Å². The van der Waals surface area contributed by atoms with Gasteiger partial charge in [-0.05, 0) is 26.8 Å². The lowest BCUT2D eigenvalue weighted by Gasteiger charge is -2.19. The van der Waals surface area contributed by atoms with Gasteiger partial charge in [0.05, 0.1) is 13.3 Å². The highest BCUT2D eigenvalue weighted by Crippen LogP contribution is 2.31. The van der Waals surface area contributed by atoms with Gasteiger partial charge in [0.1, 0.15) is 28.4 Å². The third-order valence-corrected chi connectivity index (χ3v) is 4.83. The summed E-state index contributed by atoms with van der Waals surface area (Å²) in [6, 6.07) is 2.41. The number of pyridine rings is 1. The topological polar surface area (TPSA) is 96.6 Å². The summed E-state index contributed by atoms with van der Waals surface area (Å²) in [6.07, 6.45) is 2.22. The van der Waals surface area contributed by atoms with E-state index < -0.39 is 17.2 Å². The Morgan fingerprint density at radius 1 is 1.31 bits per heavy atom. The largest absolute Gasteiger partial charge is 0.495 e. The van der Waals surface area contributed by atoms with Gasteiger partial charge in [-0.2, -0.15) is 5.10 Å². The number of imidazole rings is 1. The van der Waals surface area contributed by atoms with Gasteiger partial charge < -0.3 is 20.5 Å². The van der Waals surface area contributed by atoms with Crippen LogP contribution >= 0.6 is 0 Å². The second kappa shape index (κ2) is 7.20. The number of hydrogen-bond acceptors (Lipinski definition) is 7. The van der Waals surface area contributed by atoms with Gasteiger partial charge in [-0.1, -0.05) is 0 Å². The molecule has 1 aliphatic heterocycles. The maximum Gasteiger partial charge on any atom is 0.168 e. The zero-order valence-corrected chi connectivity index (χ0v) is 16.3. The summed E-state index contributed by atoms with van der Waals surface area (Å²) in [5, 5.41) is 21.0. The minimum Gasteiger partial charge on any atom is -0.495 e. The quantitative estimate of drug-likeness (QED) is 0.599. The number of hydrogen-bond donors (Lipinski definition) is 3. The van der Waals surface area contributed by atoms with Crippen LogP contribution in [0.25, 0.3) is 17.0 Å². The van der Waals surface area contributed by atoms with Crippen LogP contribution in [0.5, 0.6) is 5.75 Å². The number of nitrogens with one attached hydrogen (secondary N) is 2. The molecule has 0 amide bonds. The second-order valence-electron chi connectivity index (χ2n) is 7.52. The molecule has 3 N–H and O–H groups in total. The predicted molar refractivity (Wildman–Crippen MR) is 103 cm³/mol. The van der Waals surface area contributed by atoms with Crippen molar-refractivity contribution in [1.29, 1.82) is 0 Å². The fraction of sp³-hybridized carbons (Fsp3) is 0.421. The number of aromatic nitrogens is 4. The van der Waals surface area contributed by atoms with E-state index in [0.29, 0.717) is 17.9 Å². The average molecular weight is 404 g/mol. The minimum atomic E-state index is -1.31. The molecule has 0 aromatic carbocycles. The van der Waals surface area contributed by atoms with Crippen LogP contribution in [0.1, 0.15) is 26.0 Å². The lowest BCUT2D eigenvalue weighted by Crippen LogP contribution is -2.23. The summed E-state index contributed by atoms with van der Waals surface area (Å²) < 4.78 is 35.6. The van der Waals surface area contributed by atoms with E-state index in [1.165, 1.54) is 17.8 Å². The maximum absolute atomic E-state index is 14.6. The van der Waals surface area contributed by atoms with E-state index in [1.807, 2.05) is 0 Å². The zero-order valence-electron chi connectivity index (χ0n) is 16.3. The molecule has 29 heavy (non-hydrogen) atoms. The van der Waals surface area contributed by atoms with Gasteiger partial charge in [0, 0.05) is 24.7 Å². The predicted octanol–water partition coefficient (Wildman–Crippen LogP) is 2.08. The molecule has 10 heteroatoms. The first kappa shape index (κ1) is 19.5. The third-order valence-electron chi connectivity index (χ3n) is 4.83. The lowest BCUT2D eigenvalue weighted by atomic mass is 10.0. The van der Waals surface area contributed by atoms with E-state index in [9.17, 15) is 13.9 Å². The molecular formula is C19H22F2N6O2. The van der Waals surface area contributed by atoms with E-state index >= 15 is 0 Å². The van der Waals surface area contributed by atoms with Gasteiger partial charge >= 0.3 is 0 Å². The van der Waals surface area contributed by atoms with Crippen molar-refractivity contribution in [3.63, 3.8) is 0 Å². The average Bonchev–Trinajstić information content (AvgIpc) is 3.31. The number of anilines is 1. The first-order chi connectivity index (χ1) is 13.8. The molecule has 1 atom stereocenters.